The number of hydrogen-bond donors (Lipinski definition) is 0. The Bertz CT molecular complexity index is 181. The van der Waals surface area contributed by atoms with Gasteiger partial charge in [0.2, 0.25) is 0 Å². The van der Waals surface area contributed by atoms with Gasteiger partial charge in [-0.05, 0) is 25.7 Å². The lowest BCUT2D eigenvalue weighted by molar-refractivity contribution is -0.156. The van der Waals surface area contributed by atoms with Crippen LogP contribution in [0.25, 0.3) is 0 Å². The first kappa shape index (κ1) is 11.5. The van der Waals surface area contributed by atoms with Gasteiger partial charge in [0.25, 0.3) is 0 Å². The summed E-state index contributed by atoms with van der Waals surface area (Å²) >= 11 is 0. The second-order valence-corrected chi connectivity index (χ2v) is 4.33. The maximum atomic E-state index is 11.9. The molecule has 0 unspecified atom stereocenters. The lowest BCUT2D eigenvalue weighted by atomic mass is 9.83. The number of carbonyl (C=O) groups excluding carboxylic acids is 1. The van der Waals surface area contributed by atoms with Gasteiger partial charge in [-0.2, -0.15) is 0 Å². The van der Waals surface area contributed by atoms with Gasteiger partial charge < -0.3 is 4.74 Å². The van der Waals surface area contributed by atoms with Crippen molar-refractivity contribution in [2.45, 2.75) is 58.8 Å². The normalized spacial score (nSPS) is 19.6. The molecule has 0 radical (unpaired) electrons. The molecule has 0 N–H and O–H groups in total. The fourth-order valence-electron chi connectivity index (χ4n) is 2.22. The molecule has 82 valence electrons. The molecule has 2 nitrogen and oxygen atoms in total. The minimum atomic E-state index is -0.117. The first-order valence-electron chi connectivity index (χ1n) is 5.92. The van der Waals surface area contributed by atoms with E-state index in [-0.39, 0.29) is 11.4 Å². The topological polar surface area (TPSA) is 26.3 Å². The van der Waals surface area contributed by atoms with E-state index < -0.39 is 0 Å². The molecule has 0 spiro atoms. The van der Waals surface area contributed by atoms with Crippen molar-refractivity contribution in [3.05, 3.63) is 0 Å². The predicted octanol–water partition coefficient (Wildman–Crippen LogP) is 3.30. The number of ether oxygens (including phenoxy) is 1. The van der Waals surface area contributed by atoms with Crippen LogP contribution in [-0.2, 0) is 9.53 Å². The van der Waals surface area contributed by atoms with Crippen LogP contribution in [0, 0.1) is 5.41 Å². The Balaban J connectivity index is 2.40. The van der Waals surface area contributed by atoms with Crippen LogP contribution in [0.4, 0.5) is 0 Å². The van der Waals surface area contributed by atoms with Crippen molar-refractivity contribution in [3.63, 3.8) is 0 Å². The number of rotatable bonds is 5. The van der Waals surface area contributed by atoms with Crippen molar-refractivity contribution >= 4 is 5.97 Å². The lowest BCUT2D eigenvalue weighted by Gasteiger charge is -2.24. The molecular weight excluding hydrogens is 176 g/mol. The zero-order valence-corrected chi connectivity index (χ0v) is 9.47. The lowest BCUT2D eigenvalue weighted by Crippen LogP contribution is -2.29. The Labute approximate surface area is 87.0 Å². The van der Waals surface area contributed by atoms with E-state index in [4.69, 9.17) is 4.74 Å². The van der Waals surface area contributed by atoms with Crippen LogP contribution < -0.4 is 0 Å². The van der Waals surface area contributed by atoms with Crippen molar-refractivity contribution in [1.82, 2.24) is 0 Å². The molecule has 0 amide bonds. The number of unbranched alkanes of at least 4 members (excludes halogenated alkanes) is 1. The Kier molecular flexibility index (Phi) is 4.43. The SMILES string of the molecule is CCCCOC(=O)C1(CC)CCCC1. The van der Waals surface area contributed by atoms with E-state index in [0.717, 1.165) is 32.1 Å². The predicted molar refractivity (Wildman–Crippen MR) is 57.1 cm³/mol. The molecule has 14 heavy (non-hydrogen) atoms. The number of hydrogen-bond acceptors (Lipinski definition) is 2. The largest absolute Gasteiger partial charge is 0.465 e. The molecule has 0 aliphatic heterocycles. The summed E-state index contributed by atoms with van der Waals surface area (Å²) < 4.78 is 5.32. The molecule has 0 aromatic carbocycles. The van der Waals surface area contributed by atoms with Gasteiger partial charge in [-0.25, -0.2) is 0 Å². The summed E-state index contributed by atoms with van der Waals surface area (Å²) in [4.78, 5) is 11.9. The number of carbonyl (C=O) groups is 1. The first-order valence-corrected chi connectivity index (χ1v) is 5.92. The fraction of sp³-hybridized carbons (Fsp3) is 0.917. The summed E-state index contributed by atoms with van der Waals surface area (Å²) in [6.45, 7) is 4.82. The second kappa shape index (κ2) is 5.38. The van der Waals surface area contributed by atoms with Crippen LogP contribution in [0.5, 0.6) is 0 Å². The van der Waals surface area contributed by atoms with Crippen molar-refractivity contribution in [3.8, 4) is 0 Å². The highest BCUT2D eigenvalue weighted by Gasteiger charge is 2.40. The minimum Gasteiger partial charge on any atom is -0.465 e. The number of esters is 1. The minimum absolute atomic E-state index is 0.0611. The summed E-state index contributed by atoms with van der Waals surface area (Å²) in [7, 11) is 0. The average Bonchev–Trinajstić information content (AvgIpc) is 2.67. The van der Waals surface area contributed by atoms with E-state index in [1.165, 1.54) is 12.8 Å². The molecule has 1 aliphatic carbocycles. The zero-order chi connectivity index (χ0) is 10.4. The van der Waals surface area contributed by atoms with E-state index in [0.29, 0.717) is 6.61 Å². The average molecular weight is 198 g/mol. The van der Waals surface area contributed by atoms with E-state index in [2.05, 4.69) is 13.8 Å². The van der Waals surface area contributed by atoms with Crippen molar-refractivity contribution in [1.29, 1.82) is 0 Å². The van der Waals surface area contributed by atoms with Gasteiger partial charge in [-0.3, -0.25) is 4.79 Å². The molecular formula is C12H22O2. The Morgan fingerprint density at radius 2 is 1.93 bits per heavy atom. The summed E-state index contributed by atoms with van der Waals surface area (Å²) in [5, 5.41) is 0. The van der Waals surface area contributed by atoms with Gasteiger partial charge in [0, 0.05) is 0 Å². The van der Waals surface area contributed by atoms with Crippen LogP contribution in [0.2, 0.25) is 0 Å². The summed E-state index contributed by atoms with van der Waals surface area (Å²) in [6, 6.07) is 0. The molecule has 0 bridgehead atoms. The standard InChI is InChI=1S/C12H22O2/c1-3-5-10-14-11(13)12(4-2)8-6-7-9-12/h3-10H2,1-2H3. The van der Waals surface area contributed by atoms with Crippen LogP contribution in [0.15, 0.2) is 0 Å². The highest BCUT2D eigenvalue weighted by atomic mass is 16.5. The van der Waals surface area contributed by atoms with E-state index >= 15 is 0 Å². The zero-order valence-electron chi connectivity index (χ0n) is 9.47. The maximum absolute atomic E-state index is 11.9. The molecule has 0 aromatic rings. The molecule has 0 saturated heterocycles. The third kappa shape index (κ3) is 2.49. The van der Waals surface area contributed by atoms with Gasteiger partial charge in [0.1, 0.15) is 0 Å². The van der Waals surface area contributed by atoms with Crippen LogP contribution in [-0.4, -0.2) is 12.6 Å². The van der Waals surface area contributed by atoms with Crippen molar-refractivity contribution in [2.24, 2.45) is 5.41 Å². The molecule has 1 aliphatic rings. The van der Waals surface area contributed by atoms with Gasteiger partial charge in [0.05, 0.1) is 12.0 Å². The molecule has 0 atom stereocenters. The third-order valence-corrected chi connectivity index (χ3v) is 3.40. The molecule has 2 heteroatoms. The molecule has 0 aromatic heterocycles. The fourth-order valence-corrected chi connectivity index (χ4v) is 2.22. The Morgan fingerprint density at radius 1 is 1.29 bits per heavy atom. The van der Waals surface area contributed by atoms with Gasteiger partial charge >= 0.3 is 5.97 Å². The summed E-state index contributed by atoms with van der Waals surface area (Å²) in [6.07, 6.45) is 7.48. The third-order valence-electron chi connectivity index (χ3n) is 3.40. The highest BCUT2D eigenvalue weighted by Crippen LogP contribution is 2.41. The van der Waals surface area contributed by atoms with Crippen molar-refractivity contribution < 1.29 is 9.53 Å². The smallest absolute Gasteiger partial charge is 0.312 e. The first-order chi connectivity index (χ1) is 6.75. The molecule has 1 saturated carbocycles. The monoisotopic (exact) mass is 198 g/mol. The van der Waals surface area contributed by atoms with E-state index in [1.807, 2.05) is 0 Å². The Morgan fingerprint density at radius 3 is 2.43 bits per heavy atom. The van der Waals surface area contributed by atoms with Crippen molar-refractivity contribution in [2.75, 3.05) is 6.61 Å². The summed E-state index contributed by atoms with van der Waals surface area (Å²) in [5.41, 5.74) is -0.117. The molecule has 1 fully saturated rings. The van der Waals surface area contributed by atoms with E-state index in [1.54, 1.807) is 0 Å². The van der Waals surface area contributed by atoms with Gasteiger partial charge in [0.15, 0.2) is 0 Å². The summed E-state index contributed by atoms with van der Waals surface area (Å²) in [5.74, 6) is 0.0611. The molecule has 0 heterocycles. The quantitative estimate of drug-likeness (QED) is 0.500. The Hall–Kier alpha value is -0.530. The van der Waals surface area contributed by atoms with Gasteiger partial charge in [-0.15, -0.1) is 0 Å². The molecule has 1 rings (SSSR count). The van der Waals surface area contributed by atoms with Crippen LogP contribution in [0.1, 0.15) is 58.8 Å². The second-order valence-electron chi connectivity index (χ2n) is 4.33. The van der Waals surface area contributed by atoms with Crippen LogP contribution >= 0.6 is 0 Å². The highest BCUT2D eigenvalue weighted by molar-refractivity contribution is 5.77. The van der Waals surface area contributed by atoms with Crippen LogP contribution in [0.3, 0.4) is 0 Å². The maximum Gasteiger partial charge on any atom is 0.312 e. The van der Waals surface area contributed by atoms with Gasteiger partial charge in [-0.1, -0.05) is 33.1 Å². The van der Waals surface area contributed by atoms with E-state index in [9.17, 15) is 4.79 Å².